The van der Waals surface area contributed by atoms with Gasteiger partial charge in [-0.05, 0) is 37.8 Å². The Balaban J connectivity index is 2.24. The number of hydrogen-bond donors (Lipinski definition) is 1. The molecule has 5 nitrogen and oxygen atoms in total. The number of aliphatic carboxylic acids is 1. The van der Waals surface area contributed by atoms with Gasteiger partial charge in [-0.15, -0.1) is 0 Å². The predicted molar refractivity (Wildman–Crippen MR) is 82.8 cm³/mol. The number of carboxylic acid groups (broad SMARTS) is 1. The molecule has 1 aliphatic heterocycles. The average molecular weight is 305 g/mol. The van der Waals surface area contributed by atoms with Crippen LogP contribution in [0.4, 0.5) is 0 Å². The van der Waals surface area contributed by atoms with Crippen molar-refractivity contribution in [2.24, 2.45) is 0 Å². The summed E-state index contributed by atoms with van der Waals surface area (Å²) in [5, 5.41) is 9.61. The molecule has 1 fully saturated rings. The number of methoxy groups -OCH3 is 1. The summed E-state index contributed by atoms with van der Waals surface area (Å²) >= 11 is 0. The zero-order valence-corrected chi connectivity index (χ0v) is 13.4. The number of likely N-dealkylation sites (tertiary alicyclic amines) is 1. The van der Waals surface area contributed by atoms with Crippen molar-refractivity contribution in [2.75, 3.05) is 20.3 Å². The minimum atomic E-state index is -1.22. The summed E-state index contributed by atoms with van der Waals surface area (Å²) in [4.78, 5) is 25.9. The summed E-state index contributed by atoms with van der Waals surface area (Å²) in [7, 11) is 1.47. The topological polar surface area (TPSA) is 66.8 Å². The van der Waals surface area contributed by atoms with Gasteiger partial charge in [0.25, 0.3) is 0 Å². The summed E-state index contributed by atoms with van der Waals surface area (Å²) < 4.78 is 5.09. The van der Waals surface area contributed by atoms with Gasteiger partial charge in [0.15, 0.2) is 5.54 Å². The van der Waals surface area contributed by atoms with Crippen molar-refractivity contribution in [3.8, 4) is 0 Å². The van der Waals surface area contributed by atoms with Crippen molar-refractivity contribution < 1.29 is 19.4 Å². The van der Waals surface area contributed by atoms with Gasteiger partial charge in [0.05, 0.1) is 13.0 Å². The fourth-order valence-corrected chi connectivity index (χ4v) is 3.16. The second-order valence-electron chi connectivity index (χ2n) is 6.03. The third kappa shape index (κ3) is 2.99. The lowest BCUT2D eigenvalue weighted by Gasteiger charge is -2.34. The van der Waals surface area contributed by atoms with E-state index in [0.717, 1.165) is 16.7 Å². The molecule has 1 aliphatic rings. The first kappa shape index (κ1) is 16.5. The molecule has 0 spiro atoms. The van der Waals surface area contributed by atoms with Crippen LogP contribution in [-0.2, 0) is 20.7 Å². The Hall–Kier alpha value is -1.88. The fourth-order valence-electron chi connectivity index (χ4n) is 3.16. The number of carboxylic acids is 1. The molecule has 1 aromatic rings. The van der Waals surface area contributed by atoms with Crippen LogP contribution in [0.1, 0.15) is 29.5 Å². The molecule has 1 N–H and O–H groups in total. The van der Waals surface area contributed by atoms with Gasteiger partial charge < -0.3 is 14.7 Å². The molecule has 2 rings (SSSR count). The highest BCUT2D eigenvalue weighted by atomic mass is 16.5. The first-order valence-electron chi connectivity index (χ1n) is 7.49. The van der Waals surface area contributed by atoms with E-state index in [1.54, 1.807) is 0 Å². The van der Waals surface area contributed by atoms with Crippen LogP contribution in [0.5, 0.6) is 0 Å². The van der Waals surface area contributed by atoms with Crippen LogP contribution in [0, 0.1) is 13.8 Å². The number of nitrogens with zero attached hydrogens (tertiary/aromatic N) is 1. The highest BCUT2D eigenvalue weighted by Crippen LogP contribution is 2.31. The quantitative estimate of drug-likeness (QED) is 0.903. The third-order valence-corrected chi connectivity index (χ3v) is 4.42. The van der Waals surface area contributed by atoms with Crippen molar-refractivity contribution in [3.63, 3.8) is 0 Å². The van der Waals surface area contributed by atoms with E-state index in [9.17, 15) is 14.7 Å². The van der Waals surface area contributed by atoms with Crippen LogP contribution in [0.15, 0.2) is 18.2 Å². The Morgan fingerprint density at radius 3 is 2.73 bits per heavy atom. The number of aryl methyl sites for hydroxylation is 2. The maximum atomic E-state index is 12.7. The van der Waals surface area contributed by atoms with Crippen molar-refractivity contribution in [2.45, 2.75) is 38.6 Å². The van der Waals surface area contributed by atoms with Gasteiger partial charge in [-0.3, -0.25) is 4.79 Å². The normalized spacial score (nSPS) is 21.1. The minimum absolute atomic E-state index is 0.0286. The zero-order chi connectivity index (χ0) is 16.3. The number of ether oxygens (including phenoxy) is 1. The van der Waals surface area contributed by atoms with Gasteiger partial charge in [0, 0.05) is 13.7 Å². The van der Waals surface area contributed by atoms with Crippen LogP contribution in [-0.4, -0.2) is 47.7 Å². The van der Waals surface area contributed by atoms with Gasteiger partial charge in [0.2, 0.25) is 5.91 Å². The van der Waals surface area contributed by atoms with E-state index in [1.165, 1.54) is 12.0 Å². The van der Waals surface area contributed by atoms with Gasteiger partial charge in [-0.25, -0.2) is 4.79 Å². The van der Waals surface area contributed by atoms with E-state index in [1.807, 2.05) is 32.0 Å². The summed E-state index contributed by atoms with van der Waals surface area (Å²) in [6, 6.07) is 5.98. The molecule has 5 heteroatoms. The number of amides is 1. The lowest BCUT2D eigenvalue weighted by molar-refractivity contribution is -0.160. The van der Waals surface area contributed by atoms with Crippen LogP contribution < -0.4 is 0 Å². The maximum Gasteiger partial charge on any atom is 0.332 e. The second-order valence-corrected chi connectivity index (χ2v) is 6.03. The van der Waals surface area contributed by atoms with E-state index >= 15 is 0 Å². The number of benzene rings is 1. The first-order valence-corrected chi connectivity index (χ1v) is 7.49. The second kappa shape index (κ2) is 6.48. The van der Waals surface area contributed by atoms with E-state index in [-0.39, 0.29) is 18.9 Å². The molecule has 1 amide bonds. The summed E-state index contributed by atoms with van der Waals surface area (Å²) in [6.45, 7) is 4.45. The molecular weight excluding hydrogens is 282 g/mol. The Kier molecular flexibility index (Phi) is 4.86. The van der Waals surface area contributed by atoms with Crippen LogP contribution >= 0.6 is 0 Å². The molecule has 1 saturated heterocycles. The van der Waals surface area contributed by atoms with Crippen molar-refractivity contribution in [1.29, 1.82) is 0 Å². The molecule has 1 unspecified atom stereocenters. The Morgan fingerprint density at radius 1 is 1.36 bits per heavy atom. The molecule has 0 bridgehead atoms. The number of hydrogen-bond acceptors (Lipinski definition) is 3. The smallest absolute Gasteiger partial charge is 0.332 e. The van der Waals surface area contributed by atoms with Crippen LogP contribution in [0.3, 0.4) is 0 Å². The molecule has 22 heavy (non-hydrogen) atoms. The number of carbonyl (C=O) groups is 2. The molecule has 0 aromatic heterocycles. The number of carbonyl (C=O) groups excluding carboxylic acids is 1. The first-order chi connectivity index (χ1) is 10.4. The zero-order valence-electron chi connectivity index (χ0n) is 13.4. The molecule has 0 aliphatic carbocycles. The number of rotatable bonds is 5. The molecule has 120 valence electrons. The minimum Gasteiger partial charge on any atom is -0.479 e. The van der Waals surface area contributed by atoms with Gasteiger partial charge >= 0.3 is 5.97 Å². The summed E-state index contributed by atoms with van der Waals surface area (Å²) in [6.07, 6.45) is 1.36. The Labute approximate surface area is 130 Å². The molecule has 1 heterocycles. The van der Waals surface area contributed by atoms with Crippen LogP contribution in [0.2, 0.25) is 0 Å². The third-order valence-electron chi connectivity index (χ3n) is 4.42. The standard InChI is InChI=1S/C17H23NO4/c1-12-5-6-13(2)14(9-12)10-15(19)18-8-4-7-17(18,11-22-3)16(20)21/h5-6,9H,4,7-8,10-11H2,1-3H3,(H,20,21). The lowest BCUT2D eigenvalue weighted by atomic mass is 9.96. The van der Waals surface area contributed by atoms with E-state index in [0.29, 0.717) is 19.4 Å². The predicted octanol–water partition coefficient (Wildman–Crippen LogP) is 1.94. The van der Waals surface area contributed by atoms with Gasteiger partial charge in [0.1, 0.15) is 0 Å². The van der Waals surface area contributed by atoms with Crippen molar-refractivity contribution in [1.82, 2.24) is 4.90 Å². The Bertz CT molecular complexity index is 584. The van der Waals surface area contributed by atoms with Gasteiger partial charge in [-0.2, -0.15) is 0 Å². The highest BCUT2D eigenvalue weighted by molar-refractivity contribution is 5.89. The summed E-state index contributed by atoms with van der Waals surface area (Å²) in [5.74, 6) is -1.13. The largest absolute Gasteiger partial charge is 0.479 e. The average Bonchev–Trinajstić information content (AvgIpc) is 2.88. The molecule has 0 radical (unpaired) electrons. The van der Waals surface area contributed by atoms with E-state index in [2.05, 4.69) is 0 Å². The summed E-state index contributed by atoms with van der Waals surface area (Å²) in [5.41, 5.74) is 1.87. The fraction of sp³-hybridized carbons (Fsp3) is 0.529. The van der Waals surface area contributed by atoms with Crippen molar-refractivity contribution in [3.05, 3.63) is 34.9 Å². The van der Waals surface area contributed by atoms with Gasteiger partial charge in [-0.1, -0.05) is 23.8 Å². The van der Waals surface area contributed by atoms with Crippen LogP contribution in [0.25, 0.3) is 0 Å². The monoisotopic (exact) mass is 305 g/mol. The Morgan fingerprint density at radius 2 is 2.09 bits per heavy atom. The molecule has 1 aromatic carbocycles. The van der Waals surface area contributed by atoms with E-state index < -0.39 is 11.5 Å². The molecule has 0 saturated carbocycles. The highest BCUT2D eigenvalue weighted by Gasteiger charge is 2.50. The molecule has 1 atom stereocenters. The lowest BCUT2D eigenvalue weighted by Crippen LogP contribution is -2.56. The maximum absolute atomic E-state index is 12.7. The molecular formula is C17H23NO4. The van der Waals surface area contributed by atoms with Crippen molar-refractivity contribution >= 4 is 11.9 Å². The van der Waals surface area contributed by atoms with E-state index in [4.69, 9.17) is 4.74 Å². The SMILES string of the molecule is COCC1(C(=O)O)CCCN1C(=O)Cc1cc(C)ccc1C.